The molecule has 0 aliphatic carbocycles. The van der Waals surface area contributed by atoms with Crippen LogP contribution in [-0.4, -0.2) is 105 Å². The summed E-state index contributed by atoms with van der Waals surface area (Å²) >= 11 is 0. The molecule has 2 heterocycles. The molecule has 9 nitrogen and oxygen atoms in total. The highest BCUT2D eigenvalue weighted by atomic mass is 19.4. The third kappa shape index (κ3) is 11.0. The first kappa shape index (κ1) is 36.9. The van der Waals surface area contributed by atoms with Crippen LogP contribution in [0.15, 0.2) is 66.7 Å². The lowest BCUT2D eigenvalue weighted by molar-refractivity contribution is -0.894. The van der Waals surface area contributed by atoms with Gasteiger partial charge in [0.2, 0.25) is 0 Å². The number of benzene rings is 3. The number of carbonyl (C=O) groups is 2. The predicted octanol–water partition coefficient (Wildman–Crippen LogP) is 3.28. The van der Waals surface area contributed by atoms with Crippen molar-refractivity contribution in [2.75, 3.05) is 67.0 Å². The first-order valence-corrected chi connectivity index (χ1v) is 16.1. The lowest BCUT2D eigenvalue weighted by Gasteiger charge is -2.39. The van der Waals surface area contributed by atoms with Gasteiger partial charge < -0.3 is 29.8 Å². The number of rotatable bonds is 9. The van der Waals surface area contributed by atoms with Gasteiger partial charge >= 0.3 is 6.18 Å². The number of quaternary nitrogens is 1. The molecular formula is C36H46F3N5O4. The molecule has 1 amide bonds. The van der Waals surface area contributed by atoms with Gasteiger partial charge in [-0.05, 0) is 59.5 Å². The number of carboxylic acids is 1. The van der Waals surface area contributed by atoms with Crippen molar-refractivity contribution in [1.82, 2.24) is 20.4 Å². The second-order valence-corrected chi connectivity index (χ2v) is 13.2. The zero-order valence-corrected chi connectivity index (χ0v) is 28.1. The number of aliphatic carboxylic acids is 1. The SMILES string of the molecule is COc1ccc(CNC(=O)c2cccc(CN3CC[N+](C)(C)CC3)c2)cc1-c1cccc(CN2CCN[C@@H](C)C2)c1.O=C([O-])C(F)(F)F. The Morgan fingerprint density at radius 3 is 2.23 bits per heavy atom. The second-order valence-electron chi connectivity index (χ2n) is 13.2. The third-order valence-electron chi connectivity index (χ3n) is 8.68. The maximum absolute atomic E-state index is 13.1. The van der Waals surface area contributed by atoms with Crippen LogP contribution in [0.2, 0.25) is 0 Å². The second kappa shape index (κ2) is 16.4. The van der Waals surface area contributed by atoms with Crippen LogP contribution in [0.25, 0.3) is 11.1 Å². The van der Waals surface area contributed by atoms with Crippen molar-refractivity contribution in [1.29, 1.82) is 0 Å². The van der Waals surface area contributed by atoms with E-state index in [0.29, 0.717) is 18.2 Å². The fraction of sp³-hybridized carbons (Fsp3) is 0.444. The van der Waals surface area contributed by atoms with Crippen LogP contribution in [0, 0.1) is 0 Å². The Kier molecular flexibility index (Phi) is 12.6. The van der Waals surface area contributed by atoms with Crippen molar-refractivity contribution in [2.24, 2.45) is 0 Å². The van der Waals surface area contributed by atoms with Gasteiger partial charge in [0.15, 0.2) is 0 Å². The van der Waals surface area contributed by atoms with E-state index in [1.807, 2.05) is 30.3 Å². The van der Waals surface area contributed by atoms with Gasteiger partial charge in [0.25, 0.3) is 5.91 Å². The van der Waals surface area contributed by atoms with Crippen LogP contribution < -0.4 is 20.5 Å². The van der Waals surface area contributed by atoms with E-state index in [0.717, 1.165) is 85.8 Å². The molecule has 3 aromatic carbocycles. The van der Waals surface area contributed by atoms with Crippen molar-refractivity contribution in [3.05, 3.63) is 89.0 Å². The molecule has 1 atom stereocenters. The molecule has 0 aromatic heterocycles. The number of piperazine rings is 2. The maximum atomic E-state index is 13.1. The molecular weight excluding hydrogens is 623 g/mol. The Balaban J connectivity index is 0.000000671. The molecule has 0 saturated carbocycles. The molecule has 0 unspecified atom stereocenters. The summed E-state index contributed by atoms with van der Waals surface area (Å²) in [4.78, 5) is 26.9. The van der Waals surface area contributed by atoms with Crippen LogP contribution in [0.3, 0.4) is 0 Å². The molecule has 12 heteroatoms. The number of ether oxygens (including phenoxy) is 1. The van der Waals surface area contributed by atoms with E-state index < -0.39 is 12.1 Å². The molecule has 2 N–H and O–H groups in total. The average Bonchev–Trinajstić information content (AvgIpc) is 3.04. The number of nitrogens with one attached hydrogen (secondary N) is 2. The number of amides is 1. The normalized spacial score (nSPS) is 18.4. The number of hydrogen-bond donors (Lipinski definition) is 2. The molecule has 3 aromatic rings. The molecule has 0 bridgehead atoms. The smallest absolute Gasteiger partial charge is 0.430 e. The molecule has 2 saturated heterocycles. The first-order valence-electron chi connectivity index (χ1n) is 16.1. The zero-order valence-electron chi connectivity index (χ0n) is 28.1. The Labute approximate surface area is 280 Å². The van der Waals surface area contributed by atoms with E-state index in [-0.39, 0.29) is 5.91 Å². The summed E-state index contributed by atoms with van der Waals surface area (Å²) in [6.07, 6.45) is -5.19. The largest absolute Gasteiger partial charge is 0.542 e. The van der Waals surface area contributed by atoms with E-state index in [2.05, 4.69) is 77.9 Å². The number of methoxy groups -OCH3 is 1. The van der Waals surface area contributed by atoms with Gasteiger partial charge in [0, 0.05) is 69.5 Å². The third-order valence-corrected chi connectivity index (χ3v) is 8.68. The fourth-order valence-electron chi connectivity index (χ4n) is 5.90. The van der Waals surface area contributed by atoms with E-state index in [4.69, 9.17) is 14.6 Å². The Bertz CT molecular complexity index is 1540. The van der Waals surface area contributed by atoms with E-state index in [1.54, 1.807) is 7.11 Å². The summed E-state index contributed by atoms with van der Waals surface area (Å²) < 4.78 is 38.4. The number of hydrogen-bond acceptors (Lipinski definition) is 7. The molecule has 48 heavy (non-hydrogen) atoms. The summed E-state index contributed by atoms with van der Waals surface area (Å²) in [5.41, 5.74) is 6.40. The van der Waals surface area contributed by atoms with Crippen LogP contribution in [0.1, 0.15) is 34.0 Å². The summed E-state index contributed by atoms with van der Waals surface area (Å²) in [5.74, 6) is -2.22. The van der Waals surface area contributed by atoms with E-state index >= 15 is 0 Å². The van der Waals surface area contributed by atoms with Crippen LogP contribution >= 0.6 is 0 Å². The molecule has 260 valence electrons. The van der Waals surface area contributed by atoms with Crippen molar-refractivity contribution >= 4 is 11.9 Å². The predicted molar refractivity (Wildman–Crippen MR) is 177 cm³/mol. The standard InChI is InChI=1S/C34H45N5O2.C2HF3O2/c1-26-23-38(14-13-35-26)25-28-7-5-9-30(19-28)32-21-27(11-12-33(32)41-4)22-36-34(40)31-10-6-8-29(20-31)24-37-15-17-39(2,3)18-16-37;3-2(4,5)1(6)7/h5-12,19-21,26,35H,13-18,22-25H2,1-4H3;(H,6,7)/t26-;/m0./s1. The highest BCUT2D eigenvalue weighted by Crippen LogP contribution is 2.32. The first-order chi connectivity index (χ1) is 22.7. The lowest BCUT2D eigenvalue weighted by atomic mass is 9.99. The highest BCUT2D eigenvalue weighted by molar-refractivity contribution is 5.94. The van der Waals surface area contributed by atoms with Gasteiger partial charge in [-0.25, -0.2) is 0 Å². The lowest BCUT2D eigenvalue weighted by Crippen LogP contribution is -2.54. The van der Waals surface area contributed by atoms with E-state index in [9.17, 15) is 18.0 Å². The Morgan fingerprint density at radius 2 is 1.58 bits per heavy atom. The number of carbonyl (C=O) groups excluding carboxylic acids is 2. The van der Waals surface area contributed by atoms with Gasteiger partial charge in [-0.2, -0.15) is 13.2 Å². The minimum Gasteiger partial charge on any atom is -0.542 e. The average molecular weight is 670 g/mol. The van der Waals surface area contributed by atoms with Crippen molar-refractivity contribution in [3.8, 4) is 16.9 Å². The number of nitrogens with zero attached hydrogens (tertiary/aromatic N) is 3. The summed E-state index contributed by atoms with van der Waals surface area (Å²) in [7, 11) is 6.30. The van der Waals surface area contributed by atoms with Crippen molar-refractivity contribution in [3.63, 3.8) is 0 Å². The van der Waals surface area contributed by atoms with Gasteiger partial charge in [-0.1, -0.05) is 36.4 Å². The van der Waals surface area contributed by atoms with Crippen molar-refractivity contribution < 1.29 is 37.1 Å². The highest BCUT2D eigenvalue weighted by Gasteiger charge is 2.29. The minimum absolute atomic E-state index is 0.0482. The van der Waals surface area contributed by atoms with Gasteiger partial charge in [-0.15, -0.1) is 0 Å². The molecule has 2 aliphatic heterocycles. The number of likely N-dealkylation sites (N-methyl/N-ethyl adjacent to an activating group) is 1. The molecule has 2 aliphatic rings. The fourth-order valence-corrected chi connectivity index (χ4v) is 5.90. The number of halogens is 3. The zero-order chi connectivity index (χ0) is 34.9. The maximum Gasteiger partial charge on any atom is 0.430 e. The van der Waals surface area contributed by atoms with Crippen LogP contribution in [-0.2, 0) is 24.4 Å². The van der Waals surface area contributed by atoms with Gasteiger partial charge in [0.05, 0.1) is 34.3 Å². The Hall–Kier alpha value is -3.97. The quantitative estimate of drug-likeness (QED) is 0.338. The molecule has 0 spiro atoms. The molecule has 5 rings (SSSR count). The molecule has 2 fully saturated rings. The van der Waals surface area contributed by atoms with Gasteiger partial charge in [0.1, 0.15) is 11.7 Å². The Morgan fingerprint density at radius 1 is 0.938 bits per heavy atom. The summed E-state index contributed by atoms with van der Waals surface area (Å²) in [6.45, 7) is 12.1. The van der Waals surface area contributed by atoms with E-state index in [1.165, 1.54) is 11.1 Å². The van der Waals surface area contributed by atoms with Crippen LogP contribution in [0.5, 0.6) is 5.75 Å². The molecule has 0 radical (unpaired) electrons. The van der Waals surface area contributed by atoms with Crippen LogP contribution in [0.4, 0.5) is 13.2 Å². The number of carboxylic acid groups (broad SMARTS) is 1. The van der Waals surface area contributed by atoms with Gasteiger partial charge in [-0.3, -0.25) is 14.6 Å². The summed E-state index contributed by atoms with van der Waals surface area (Å²) in [6, 6.07) is 23.5. The number of alkyl halides is 3. The summed E-state index contributed by atoms with van der Waals surface area (Å²) in [5, 5.41) is 15.4. The topological polar surface area (TPSA) is 97.0 Å². The minimum atomic E-state index is -5.19. The monoisotopic (exact) mass is 669 g/mol. The van der Waals surface area contributed by atoms with Crippen molar-refractivity contribution in [2.45, 2.75) is 38.8 Å².